The molecule has 0 fully saturated rings. The van der Waals surface area contributed by atoms with Crippen molar-refractivity contribution in [3.63, 3.8) is 0 Å². The zero-order valence-corrected chi connectivity index (χ0v) is 13.8. The van der Waals surface area contributed by atoms with Gasteiger partial charge in [0.05, 0.1) is 0 Å². The Labute approximate surface area is 132 Å². The van der Waals surface area contributed by atoms with Gasteiger partial charge in [-0.15, -0.1) is 0 Å². The molecule has 1 aromatic rings. The van der Waals surface area contributed by atoms with Crippen LogP contribution in [0.15, 0.2) is 24.3 Å². The summed E-state index contributed by atoms with van der Waals surface area (Å²) in [4.78, 5) is 35.7. The number of aliphatic hydroxyl groups is 1. The summed E-state index contributed by atoms with van der Waals surface area (Å²) < 4.78 is 22.2. The molecule has 0 amide bonds. The first-order valence-corrected chi connectivity index (χ1v) is 7.88. The van der Waals surface area contributed by atoms with E-state index in [9.17, 15) is 14.2 Å². The normalized spacial score (nSPS) is 12.9. The van der Waals surface area contributed by atoms with Crippen molar-refractivity contribution < 1.29 is 64.8 Å². The summed E-state index contributed by atoms with van der Waals surface area (Å²) in [6.07, 6.45) is -0.887. The van der Waals surface area contributed by atoms with Crippen LogP contribution < -0.4 is 35.3 Å². The molecule has 0 heterocycles. The van der Waals surface area contributed by atoms with Crippen molar-refractivity contribution in [2.45, 2.75) is 11.5 Å². The van der Waals surface area contributed by atoms with E-state index in [0.29, 0.717) is 5.69 Å². The van der Waals surface area contributed by atoms with E-state index in [4.69, 9.17) is 25.3 Å². The molecule has 1 aromatic carbocycles. The van der Waals surface area contributed by atoms with E-state index in [1.54, 1.807) is 0 Å². The predicted molar refractivity (Wildman–Crippen MR) is 64.7 cm³/mol. The number of rotatable bonds is 4. The maximum absolute atomic E-state index is 11.1. The molecule has 0 aromatic heterocycles. The topological polar surface area (TPSA) is 161 Å². The molecular formula is C8H14NNaO7P2. The summed E-state index contributed by atoms with van der Waals surface area (Å²) >= 11 is 0. The molecule has 11 heteroatoms. The van der Waals surface area contributed by atoms with Crippen LogP contribution in [0, 0.1) is 0 Å². The van der Waals surface area contributed by atoms with E-state index in [-0.39, 0.29) is 36.5 Å². The second-order valence-corrected chi connectivity index (χ2v) is 7.79. The summed E-state index contributed by atoms with van der Waals surface area (Å²) in [7, 11) is -10.9. The first kappa shape index (κ1) is 19.3. The average Bonchev–Trinajstić information content (AvgIpc) is 2.18. The molecule has 0 unspecified atom stereocenters. The fourth-order valence-electron chi connectivity index (χ4n) is 1.29. The Balaban J connectivity index is 0. The number of hydrogen-bond acceptors (Lipinski definition) is 4. The van der Waals surface area contributed by atoms with Crippen molar-refractivity contribution in [3.05, 3.63) is 29.8 Å². The van der Waals surface area contributed by atoms with Gasteiger partial charge in [-0.05, 0) is 17.7 Å². The molecule has 0 aliphatic carbocycles. The van der Waals surface area contributed by atoms with Crippen LogP contribution in [-0.2, 0) is 15.6 Å². The summed E-state index contributed by atoms with van der Waals surface area (Å²) in [6, 6.07) is 5.39. The fourth-order valence-corrected chi connectivity index (χ4v) is 3.42. The van der Waals surface area contributed by atoms with Gasteiger partial charge in [-0.3, -0.25) is 9.13 Å². The first-order chi connectivity index (χ1) is 7.97. The van der Waals surface area contributed by atoms with Gasteiger partial charge in [-0.2, -0.15) is 0 Å². The number of nitrogen functional groups attached to an aromatic ring is 1. The molecule has 0 saturated carbocycles. The van der Waals surface area contributed by atoms with Gasteiger partial charge in [0.2, 0.25) is 0 Å². The fraction of sp³-hybridized carbons (Fsp3) is 0.250. The number of hydrogen-bond donors (Lipinski definition) is 6. The van der Waals surface area contributed by atoms with Gasteiger partial charge < -0.3 is 31.8 Å². The van der Waals surface area contributed by atoms with Crippen molar-refractivity contribution in [1.82, 2.24) is 0 Å². The van der Waals surface area contributed by atoms with Crippen LogP contribution in [-0.4, -0.2) is 29.8 Å². The second-order valence-electron chi connectivity index (χ2n) is 3.78. The molecule has 8 nitrogen and oxygen atoms in total. The maximum Gasteiger partial charge on any atom is 1.00 e. The number of nitrogens with two attached hydrogens (primary N) is 1. The Bertz CT molecular complexity index is 506. The van der Waals surface area contributed by atoms with E-state index < -0.39 is 26.7 Å². The molecule has 0 saturated heterocycles. The van der Waals surface area contributed by atoms with Crippen molar-refractivity contribution in [1.29, 1.82) is 0 Å². The van der Waals surface area contributed by atoms with Crippen molar-refractivity contribution in [3.8, 4) is 0 Å². The molecule has 0 bridgehead atoms. The number of anilines is 1. The summed E-state index contributed by atoms with van der Waals surface area (Å²) in [5.74, 6) is 0. The SMILES string of the molecule is Nc1ccc(CC(O)(P(=O)(O)O)P(=O)(O)O)cc1.[H-].[Na+]. The molecule has 0 aliphatic rings. The van der Waals surface area contributed by atoms with Gasteiger partial charge >= 0.3 is 44.7 Å². The number of benzene rings is 1. The first-order valence-electron chi connectivity index (χ1n) is 4.65. The largest absolute Gasteiger partial charge is 1.00 e. The van der Waals surface area contributed by atoms with Gasteiger partial charge in [0, 0.05) is 12.1 Å². The van der Waals surface area contributed by atoms with E-state index in [2.05, 4.69) is 0 Å². The Hall–Kier alpha value is 0.280. The zero-order valence-electron chi connectivity index (χ0n) is 11.0. The summed E-state index contributed by atoms with van der Waals surface area (Å²) in [5.41, 5.74) is 5.90. The van der Waals surface area contributed by atoms with Crippen LogP contribution in [0.5, 0.6) is 0 Å². The molecule has 104 valence electrons. The minimum Gasteiger partial charge on any atom is -1.00 e. The van der Waals surface area contributed by atoms with Crippen LogP contribution >= 0.6 is 15.2 Å². The van der Waals surface area contributed by atoms with E-state index in [1.165, 1.54) is 24.3 Å². The van der Waals surface area contributed by atoms with Crippen LogP contribution in [0.4, 0.5) is 5.69 Å². The minimum atomic E-state index is -5.43. The molecule has 0 atom stereocenters. The maximum atomic E-state index is 11.1. The molecule has 19 heavy (non-hydrogen) atoms. The van der Waals surface area contributed by atoms with Crippen LogP contribution in [0.25, 0.3) is 0 Å². The Morgan fingerprint density at radius 1 is 1.05 bits per heavy atom. The predicted octanol–water partition coefficient (Wildman–Crippen LogP) is -3.07. The van der Waals surface area contributed by atoms with Crippen molar-refractivity contribution in [2.75, 3.05) is 5.73 Å². The van der Waals surface area contributed by atoms with Crippen LogP contribution in [0.1, 0.15) is 6.99 Å². The van der Waals surface area contributed by atoms with Crippen molar-refractivity contribution >= 4 is 20.9 Å². The smallest absolute Gasteiger partial charge is 1.00 e. The molecule has 0 radical (unpaired) electrons. The van der Waals surface area contributed by atoms with Crippen molar-refractivity contribution in [2.24, 2.45) is 0 Å². The van der Waals surface area contributed by atoms with Gasteiger partial charge in [-0.1, -0.05) is 12.1 Å². The third kappa shape index (κ3) is 4.37. The minimum absolute atomic E-state index is 0. The molecule has 7 N–H and O–H groups in total. The quantitative estimate of drug-likeness (QED) is 0.193. The van der Waals surface area contributed by atoms with E-state index in [1.807, 2.05) is 0 Å². The Morgan fingerprint density at radius 2 is 1.42 bits per heavy atom. The third-order valence-electron chi connectivity index (χ3n) is 2.35. The van der Waals surface area contributed by atoms with Gasteiger partial charge in [-0.25, -0.2) is 0 Å². The second kappa shape index (κ2) is 6.37. The van der Waals surface area contributed by atoms with Gasteiger partial charge in [0.25, 0.3) is 5.08 Å². The Kier molecular flexibility index (Phi) is 6.46. The standard InChI is InChI=1S/C8H13NO7P2.Na.H/c9-7-3-1-6(2-4-7)5-8(10,17(11,12)13)18(14,15)16;;/h1-4,10H,5,9H2,(H2,11,12,13)(H2,14,15,16);;/q;+1;-1. The summed E-state index contributed by atoms with van der Waals surface area (Å²) in [6.45, 7) is 0. The Morgan fingerprint density at radius 3 is 1.74 bits per heavy atom. The summed E-state index contributed by atoms with van der Waals surface area (Å²) in [5, 5.41) is 6.22. The van der Waals surface area contributed by atoms with Gasteiger partial charge in [0.1, 0.15) is 0 Å². The third-order valence-corrected chi connectivity index (χ3v) is 6.10. The monoisotopic (exact) mass is 321 g/mol. The molecule has 0 aliphatic heterocycles. The van der Waals surface area contributed by atoms with Crippen LogP contribution in [0.3, 0.4) is 0 Å². The van der Waals surface area contributed by atoms with Crippen LogP contribution in [0.2, 0.25) is 0 Å². The van der Waals surface area contributed by atoms with Gasteiger partial charge in [0.15, 0.2) is 0 Å². The van der Waals surface area contributed by atoms with E-state index >= 15 is 0 Å². The van der Waals surface area contributed by atoms with E-state index in [0.717, 1.165) is 0 Å². The average molecular weight is 321 g/mol. The molecule has 0 spiro atoms. The molecule has 1 rings (SSSR count). The molecular weight excluding hydrogens is 307 g/mol. The zero-order chi connectivity index (χ0) is 14.2.